The van der Waals surface area contributed by atoms with Gasteiger partial charge < -0.3 is 26.6 Å². The summed E-state index contributed by atoms with van der Waals surface area (Å²) < 4.78 is 0. The average molecular weight is 307 g/mol. The van der Waals surface area contributed by atoms with E-state index in [0.29, 0.717) is 12.2 Å². The smallest absolute Gasteiger partial charge is 0.325 e. The van der Waals surface area contributed by atoms with Crippen LogP contribution in [0.1, 0.15) is 13.3 Å². The number of carbonyl (C=O) groups is 3. The van der Waals surface area contributed by atoms with E-state index in [9.17, 15) is 14.4 Å². The molecule has 0 rings (SSSR count). The zero-order chi connectivity index (χ0) is 15.7. The molecular weight excluding hydrogens is 286 g/mol. The van der Waals surface area contributed by atoms with Crippen LogP contribution in [0.5, 0.6) is 0 Å². The molecule has 0 aromatic carbocycles. The van der Waals surface area contributed by atoms with E-state index in [1.165, 1.54) is 18.7 Å². The predicted molar refractivity (Wildman–Crippen MR) is 75.2 cm³/mol. The quantitative estimate of drug-likeness (QED) is 0.336. The van der Waals surface area contributed by atoms with Crippen molar-refractivity contribution in [2.75, 3.05) is 18.6 Å². The Labute approximate surface area is 121 Å². The van der Waals surface area contributed by atoms with Gasteiger partial charge in [0, 0.05) is 0 Å². The summed E-state index contributed by atoms with van der Waals surface area (Å²) in [6, 6.07) is -3.11. The topological polar surface area (TPSA) is 142 Å². The highest BCUT2D eigenvalue weighted by Gasteiger charge is 2.25. The van der Waals surface area contributed by atoms with Gasteiger partial charge in [0.15, 0.2) is 0 Å². The zero-order valence-electron chi connectivity index (χ0n) is 11.5. The average Bonchev–Trinajstić information content (AvgIpc) is 2.41. The van der Waals surface area contributed by atoms with Gasteiger partial charge in [0.1, 0.15) is 12.1 Å². The van der Waals surface area contributed by atoms with Gasteiger partial charge >= 0.3 is 5.97 Å². The molecule has 9 heteroatoms. The molecule has 0 saturated carbocycles. The molecular formula is C11H21N3O5S. The van der Waals surface area contributed by atoms with E-state index in [-0.39, 0.29) is 0 Å². The third kappa shape index (κ3) is 6.73. The summed E-state index contributed by atoms with van der Waals surface area (Å²) in [5, 5.41) is 22.2. The Morgan fingerprint density at radius 2 is 1.85 bits per heavy atom. The number of aliphatic hydroxyl groups excluding tert-OH is 1. The van der Waals surface area contributed by atoms with E-state index in [0.717, 1.165) is 0 Å². The molecule has 0 spiro atoms. The maximum Gasteiger partial charge on any atom is 0.325 e. The van der Waals surface area contributed by atoms with E-state index in [1.54, 1.807) is 0 Å². The van der Waals surface area contributed by atoms with Gasteiger partial charge in [-0.3, -0.25) is 14.4 Å². The molecule has 0 aromatic rings. The lowest BCUT2D eigenvalue weighted by Gasteiger charge is -2.20. The minimum absolute atomic E-state index is 0.443. The Hall–Kier alpha value is -1.32. The van der Waals surface area contributed by atoms with Gasteiger partial charge in [0.25, 0.3) is 0 Å². The van der Waals surface area contributed by atoms with E-state index >= 15 is 0 Å². The van der Waals surface area contributed by atoms with Gasteiger partial charge in [-0.15, -0.1) is 0 Å². The van der Waals surface area contributed by atoms with Gasteiger partial charge in [-0.1, -0.05) is 0 Å². The van der Waals surface area contributed by atoms with Crippen LogP contribution in [0.2, 0.25) is 0 Å². The van der Waals surface area contributed by atoms with E-state index in [4.69, 9.17) is 15.9 Å². The molecule has 0 aromatic heterocycles. The number of nitrogens with one attached hydrogen (secondary N) is 2. The first-order valence-corrected chi connectivity index (χ1v) is 7.41. The van der Waals surface area contributed by atoms with Gasteiger partial charge in [0.05, 0.1) is 12.6 Å². The van der Waals surface area contributed by atoms with Crippen molar-refractivity contribution in [1.82, 2.24) is 10.6 Å². The molecule has 3 atom stereocenters. The van der Waals surface area contributed by atoms with E-state index < -0.39 is 42.5 Å². The molecule has 0 fully saturated rings. The molecule has 8 nitrogen and oxygen atoms in total. The Morgan fingerprint density at radius 1 is 1.25 bits per heavy atom. The molecule has 0 radical (unpaired) electrons. The lowest BCUT2D eigenvalue weighted by molar-refractivity contribution is -0.142. The number of hydrogen-bond donors (Lipinski definition) is 5. The fraction of sp³-hybridized carbons (Fsp3) is 0.727. The Bertz CT molecular complexity index is 353. The second-order valence-corrected chi connectivity index (χ2v) is 5.19. The Kier molecular flexibility index (Phi) is 8.93. The highest BCUT2D eigenvalue weighted by atomic mass is 32.2. The summed E-state index contributed by atoms with van der Waals surface area (Å²) in [6.07, 6.45) is 2.32. The zero-order valence-corrected chi connectivity index (χ0v) is 12.3. The number of aliphatic hydroxyl groups is 1. The summed E-state index contributed by atoms with van der Waals surface area (Å²) in [5.41, 5.74) is 5.62. The predicted octanol–water partition coefficient (Wildman–Crippen LogP) is -1.87. The molecule has 3 unspecified atom stereocenters. The number of nitrogens with two attached hydrogens (primary N) is 1. The summed E-state index contributed by atoms with van der Waals surface area (Å²) in [7, 11) is 0. The fourth-order valence-corrected chi connectivity index (χ4v) is 1.71. The number of hydrogen-bond acceptors (Lipinski definition) is 6. The highest BCUT2D eigenvalue weighted by molar-refractivity contribution is 7.98. The van der Waals surface area contributed by atoms with Crippen molar-refractivity contribution in [3.63, 3.8) is 0 Å². The molecule has 20 heavy (non-hydrogen) atoms. The second-order valence-electron chi connectivity index (χ2n) is 4.20. The van der Waals surface area contributed by atoms with Gasteiger partial charge in [-0.25, -0.2) is 0 Å². The number of carbonyl (C=O) groups excluding carboxylic acids is 2. The first-order chi connectivity index (χ1) is 9.33. The molecule has 0 heterocycles. The lowest BCUT2D eigenvalue weighted by Crippen LogP contribution is -2.55. The summed E-state index contributed by atoms with van der Waals surface area (Å²) in [5.74, 6) is -1.84. The van der Waals surface area contributed by atoms with Crippen molar-refractivity contribution in [2.45, 2.75) is 31.5 Å². The van der Waals surface area contributed by atoms with Crippen LogP contribution in [0, 0.1) is 0 Å². The summed E-state index contributed by atoms with van der Waals surface area (Å²) >= 11 is 1.54. The standard InChI is InChI=1S/C11H21N3O5S/c1-6(11(18)19)13-10(17)8(5-15)14-9(16)7(12)3-4-20-2/h6-8,15H,3-5,12H2,1-2H3,(H,13,17)(H,14,16)(H,18,19). The van der Waals surface area contributed by atoms with Gasteiger partial charge in [0.2, 0.25) is 11.8 Å². The minimum atomic E-state index is -1.22. The van der Waals surface area contributed by atoms with Gasteiger partial charge in [-0.2, -0.15) is 11.8 Å². The third-order valence-corrected chi connectivity index (χ3v) is 3.16. The van der Waals surface area contributed by atoms with Crippen molar-refractivity contribution in [2.24, 2.45) is 5.73 Å². The Balaban J connectivity index is 4.42. The number of carboxylic acids is 1. The van der Waals surface area contributed by atoms with E-state index in [2.05, 4.69) is 10.6 Å². The molecule has 2 amide bonds. The largest absolute Gasteiger partial charge is 0.480 e. The maximum atomic E-state index is 11.7. The molecule has 116 valence electrons. The molecule has 0 bridgehead atoms. The third-order valence-electron chi connectivity index (χ3n) is 2.51. The summed E-state index contributed by atoms with van der Waals surface area (Å²) in [6.45, 7) is 0.639. The SMILES string of the molecule is CSCCC(N)C(=O)NC(CO)C(=O)NC(C)C(=O)O. The number of carboxylic acid groups (broad SMARTS) is 1. The maximum absolute atomic E-state index is 11.7. The van der Waals surface area contributed by atoms with E-state index in [1.807, 2.05) is 6.26 Å². The normalized spacial score (nSPS) is 15.0. The number of amides is 2. The fourth-order valence-electron chi connectivity index (χ4n) is 1.22. The monoisotopic (exact) mass is 307 g/mol. The van der Waals surface area contributed by atoms with Crippen molar-refractivity contribution in [1.29, 1.82) is 0 Å². The van der Waals surface area contributed by atoms with Gasteiger partial charge in [-0.05, 0) is 25.4 Å². The number of aliphatic carboxylic acids is 1. The molecule has 0 saturated heterocycles. The molecule has 0 aliphatic heterocycles. The van der Waals surface area contributed by atoms with Crippen LogP contribution in [0.25, 0.3) is 0 Å². The second kappa shape index (κ2) is 9.56. The van der Waals surface area contributed by atoms with Crippen LogP contribution in [0.3, 0.4) is 0 Å². The van der Waals surface area contributed by atoms with Crippen molar-refractivity contribution in [3.8, 4) is 0 Å². The number of rotatable bonds is 9. The van der Waals surface area contributed by atoms with Crippen molar-refractivity contribution >= 4 is 29.5 Å². The van der Waals surface area contributed by atoms with Crippen LogP contribution in [-0.4, -0.2) is 64.7 Å². The van der Waals surface area contributed by atoms with Crippen LogP contribution in [0.4, 0.5) is 0 Å². The molecule has 6 N–H and O–H groups in total. The molecule has 0 aliphatic rings. The summed E-state index contributed by atoms with van der Waals surface area (Å²) in [4.78, 5) is 34.0. The van der Waals surface area contributed by atoms with Crippen molar-refractivity contribution in [3.05, 3.63) is 0 Å². The van der Waals surface area contributed by atoms with Crippen LogP contribution < -0.4 is 16.4 Å². The highest BCUT2D eigenvalue weighted by Crippen LogP contribution is 1.99. The first kappa shape index (κ1) is 18.7. The van der Waals surface area contributed by atoms with Crippen molar-refractivity contribution < 1.29 is 24.6 Å². The Morgan fingerprint density at radius 3 is 2.30 bits per heavy atom. The van der Waals surface area contributed by atoms with Crippen LogP contribution >= 0.6 is 11.8 Å². The minimum Gasteiger partial charge on any atom is -0.480 e. The molecule has 0 aliphatic carbocycles. The lowest BCUT2D eigenvalue weighted by atomic mass is 10.2. The first-order valence-electron chi connectivity index (χ1n) is 6.02. The van der Waals surface area contributed by atoms with Crippen LogP contribution in [-0.2, 0) is 14.4 Å². The number of thioether (sulfide) groups is 1. The van der Waals surface area contributed by atoms with Crippen LogP contribution in [0.15, 0.2) is 0 Å².